The number of rotatable bonds is 8. The summed E-state index contributed by atoms with van der Waals surface area (Å²) >= 11 is 1.32. The van der Waals surface area contributed by atoms with Gasteiger partial charge in [-0.1, -0.05) is 25.6 Å². The molecule has 0 aliphatic rings. The Balaban J connectivity index is 2.02. The molecule has 9 heteroatoms. The van der Waals surface area contributed by atoms with E-state index in [-0.39, 0.29) is 11.2 Å². The number of hydrogen-bond acceptors (Lipinski definition) is 7. The lowest BCUT2D eigenvalue weighted by Gasteiger charge is -2.14. The molecule has 2 aromatic rings. The number of carbonyl (C=O) groups excluding carboxylic acids is 1. The standard InChI is InChI=1S/C16H23N5O3S/c1-10(2)9-21-16(18-19-20-21)25-11(3)15(22)17-12-6-7-13(23-4)14(8-12)24-5/h6-8,10-11H,9H2,1-5H3,(H,17,22). The highest BCUT2D eigenvalue weighted by molar-refractivity contribution is 8.00. The molecular formula is C16H23N5O3S. The number of tetrazole rings is 1. The van der Waals surface area contributed by atoms with Gasteiger partial charge in [-0.2, -0.15) is 0 Å². The fourth-order valence-electron chi connectivity index (χ4n) is 2.11. The Morgan fingerprint density at radius 3 is 2.60 bits per heavy atom. The molecule has 1 heterocycles. The summed E-state index contributed by atoms with van der Waals surface area (Å²) in [7, 11) is 3.12. The number of carbonyl (C=O) groups is 1. The van der Waals surface area contributed by atoms with Crippen LogP contribution in [0, 0.1) is 5.92 Å². The van der Waals surface area contributed by atoms with Gasteiger partial charge in [0, 0.05) is 18.3 Å². The molecule has 1 aromatic heterocycles. The van der Waals surface area contributed by atoms with E-state index in [1.165, 1.54) is 11.8 Å². The number of thioether (sulfide) groups is 1. The zero-order chi connectivity index (χ0) is 18.4. The Hall–Kier alpha value is -2.29. The molecule has 0 aliphatic carbocycles. The summed E-state index contributed by atoms with van der Waals surface area (Å²) in [5, 5.41) is 14.8. The number of benzene rings is 1. The predicted octanol–water partition coefficient (Wildman–Crippen LogP) is 2.47. The molecule has 0 saturated carbocycles. The second-order valence-electron chi connectivity index (χ2n) is 5.86. The highest BCUT2D eigenvalue weighted by Crippen LogP contribution is 2.30. The van der Waals surface area contributed by atoms with Crippen LogP contribution in [-0.2, 0) is 11.3 Å². The lowest BCUT2D eigenvalue weighted by Crippen LogP contribution is -2.23. The van der Waals surface area contributed by atoms with E-state index >= 15 is 0 Å². The number of nitrogens with one attached hydrogen (secondary N) is 1. The highest BCUT2D eigenvalue weighted by Gasteiger charge is 2.19. The summed E-state index contributed by atoms with van der Waals surface area (Å²) in [6.07, 6.45) is 0. The maximum atomic E-state index is 12.4. The Kier molecular flexibility index (Phi) is 6.63. The van der Waals surface area contributed by atoms with Crippen LogP contribution in [0.25, 0.3) is 0 Å². The van der Waals surface area contributed by atoms with Crippen molar-refractivity contribution in [2.45, 2.75) is 37.7 Å². The number of nitrogens with zero attached hydrogens (tertiary/aromatic N) is 4. The van der Waals surface area contributed by atoms with Crippen molar-refractivity contribution in [2.75, 3.05) is 19.5 Å². The molecule has 0 bridgehead atoms. The van der Waals surface area contributed by atoms with Crippen molar-refractivity contribution in [1.82, 2.24) is 20.2 Å². The van der Waals surface area contributed by atoms with E-state index < -0.39 is 0 Å². The quantitative estimate of drug-likeness (QED) is 0.719. The van der Waals surface area contributed by atoms with Crippen LogP contribution in [0.1, 0.15) is 20.8 Å². The summed E-state index contributed by atoms with van der Waals surface area (Å²) in [4.78, 5) is 12.4. The highest BCUT2D eigenvalue weighted by atomic mass is 32.2. The van der Waals surface area contributed by atoms with Gasteiger partial charge in [0.15, 0.2) is 11.5 Å². The minimum absolute atomic E-state index is 0.142. The smallest absolute Gasteiger partial charge is 0.237 e. The molecule has 1 N–H and O–H groups in total. The Morgan fingerprint density at radius 2 is 1.96 bits per heavy atom. The fraction of sp³-hybridized carbons (Fsp3) is 0.500. The van der Waals surface area contributed by atoms with E-state index in [1.54, 1.807) is 37.1 Å². The lowest BCUT2D eigenvalue weighted by atomic mass is 10.2. The van der Waals surface area contributed by atoms with Gasteiger partial charge in [0.05, 0.1) is 19.5 Å². The van der Waals surface area contributed by atoms with Gasteiger partial charge in [0.25, 0.3) is 0 Å². The molecule has 136 valence electrons. The summed E-state index contributed by atoms with van der Waals surface area (Å²) < 4.78 is 12.2. The maximum Gasteiger partial charge on any atom is 0.237 e. The third-order valence-corrected chi connectivity index (χ3v) is 4.41. The number of methoxy groups -OCH3 is 2. The first kappa shape index (κ1) is 19.0. The van der Waals surface area contributed by atoms with Gasteiger partial charge in [0.1, 0.15) is 0 Å². The predicted molar refractivity (Wildman–Crippen MR) is 96.1 cm³/mol. The van der Waals surface area contributed by atoms with Gasteiger partial charge in [-0.15, -0.1) is 5.10 Å². The number of ether oxygens (including phenoxy) is 2. The van der Waals surface area contributed by atoms with E-state index in [9.17, 15) is 4.79 Å². The molecule has 8 nitrogen and oxygen atoms in total. The maximum absolute atomic E-state index is 12.4. The third-order valence-electron chi connectivity index (χ3n) is 3.34. The van der Waals surface area contributed by atoms with E-state index in [4.69, 9.17) is 9.47 Å². The molecule has 1 atom stereocenters. The molecule has 0 fully saturated rings. The Bertz CT molecular complexity index is 720. The van der Waals surface area contributed by atoms with E-state index in [1.807, 2.05) is 6.92 Å². The van der Waals surface area contributed by atoms with Gasteiger partial charge in [0.2, 0.25) is 11.1 Å². The van der Waals surface area contributed by atoms with Crippen molar-refractivity contribution in [2.24, 2.45) is 5.92 Å². The SMILES string of the molecule is COc1ccc(NC(=O)C(C)Sc2nnnn2CC(C)C)cc1OC. The van der Waals surface area contributed by atoms with Crippen molar-refractivity contribution in [3.63, 3.8) is 0 Å². The average Bonchev–Trinajstić information content (AvgIpc) is 3.00. The zero-order valence-corrected chi connectivity index (χ0v) is 15.8. The molecule has 1 aromatic carbocycles. The van der Waals surface area contributed by atoms with Gasteiger partial charge >= 0.3 is 0 Å². The minimum Gasteiger partial charge on any atom is -0.493 e. The topological polar surface area (TPSA) is 91.2 Å². The van der Waals surface area contributed by atoms with Crippen molar-refractivity contribution in [3.8, 4) is 11.5 Å². The summed E-state index contributed by atoms with van der Waals surface area (Å²) in [5.74, 6) is 1.44. The lowest BCUT2D eigenvalue weighted by molar-refractivity contribution is -0.115. The third kappa shape index (κ3) is 5.09. The summed E-state index contributed by atoms with van der Waals surface area (Å²) in [6, 6.07) is 5.23. The molecule has 25 heavy (non-hydrogen) atoms. The van der Waals surface area contributed by atoms with Gasteiger partial charge < -0.3 is 14.8 Å². The molecule has 0 saturated heterocycles. The fourth-order valence-corrected chi connectivity index (χ4v) is 2.91. The van der Waals surface area contributed by atoms with Crippen molar-refractivity contribution >= 4 is 23.4 Å². The molecular weight excluding hydrogens is 342 g/mol. The number of hydrogen-bond donors (Lipinski definition) is 1. The van der Waals surface area contributed by atoms with Crippen LogP contribution in [0.5, 0.6) is 11.5 Å². The van der Waals surface area contributed by atoms with Crippen molar-refractivity contribution in [1.29, 1.82) is 0 Å². The second-order valence-corrected chi connectivity index (χ2v) is 7.16. The first-order valence-corrected chi connectivity index (χ1v) is 8.78. The Labute approximate surface area is 151 Å². The normalized spacial score (nSPS) is 12.1. The molecule has 2 rings (SSSR count). The van der Waals surface area contributed by atoms with Crippen molar-refractivity contribution < 1.29 is 14.3 Å². The van der Waals surface area contributed by atoms with E-state index in [2.05, 4.69) is 34.7 Å². The molecule has 0 radical (unpaired) electrons. The summed E-state index contributed by atoms with van der Waals surface area (Å²) in [5.41, 5.74) is 0.636. The second kappa shape index (κ2) is 8.70. The summed E-state index contributed by atoms with van der Waals surface area (Å²) in [6.45, 7) is 6.70. The van der Waals surface area contributed by atoms with Crippen molar-refractivity contribution in [3.05, 3.63) is 18.2 Å². The minimum atomic E-state index is -0.356. The van der Waals surface area contributed by atoms with Crippen LogP contribution in [-0.4, -0.2) is 45.6 Å². The van der Waals surface area contributed by atoms with Gasteiger partial charge in [-0.3, -0.25) is 4.79 Å². The number of anilines is 1. The first-order valence-electron chi connectivity index (χ1n) is 7.90. The Morgan fingerprint density at radius 1 is 1.24 bits per heavy atom. The molecule has 1 unspecified atom stereocenters. The van der Waals surface area contributed by atoms with Crippen LogP contribution in [0.4, 0.5) is 5.69 Å². The monoisotopic (exact) mass is 365 g/mol. The van der Waals surface area contributed by atoms with Crippen LogP contribution in [0.3, 0.4) is 0 Å². The van der Waals surface area contributed by atoms with Gasteiger partial charge in [-0.25, -0.2) is 4.68 Å². The van der Waals surface area contributed by atoms with Gasteiger partial charge in [-0.05, 0) is 35.4 Å². The largest absolute Gasteiger partial charge is 0.493 e. The number of amides is 1. The first-order chi connectivity index (χ1) is 11.9. The van der Waals surface area contributed by atoms with Crippen LogP contribution in [0.2, 0.25) is 0 Å². The molecule has 1 amide bonds. The number of aromatic nitrogens is 4. The van der Waals surface area contributed by atoms with Crippen LogP contribution < -0.4 is 14.8 Å². The molecule has 0 aliphatic heterocycles. The van der Waals surface area contributed by atoms with E-state index in [0.29, 0.717) is 34.8 Å². The molecule has 0 spiro atoms. The average molecular weight is 365 g/mol. The zero-order valence-electron chi connectivity index (χ0n) is 15.0. The van der Waals surface area contributed by atoms with Crippen LogP contribution in [0.15, 0.2) is 23.4 Å². The van der Waals surface area contributed by atoms with E-state index in [0.717, 1.165) is 0 Å². The van der Waals surface area contributed by atoms with Crippen LogP contribution >= 0.6 is 11.8 Å².